The van der Waals surface area contributed by atoms with Crippen LogP contribution in [-0.4, -0.2) is 56.0 Å². The number of nitrogens with zero attached hydrogens (tertiary/aromatic N) is 1. The highest BCUT2D eigenvalue weighted by atomic mass is 32.1. The number of carbonyl (C=O) groups is 4. The Morgan fingerprint density at radius 3 is 2.52 bits per heavy atom. The molecule has 29 heavy (non-hydrogen) atoms. The van der Waals surface area contributed by atoms with Gasteiger partial charge >= 0.3 is 11.9 Å². The molecule has 0 saturated carbocycles. The number of amides is 2. The summed E-state index contributed by atoms with van der Waals surface area (Å²) in [4.78, 5) is 50.9. The third-order valence-electron chi connectivity index (χ3n) is 4.43. The van der Waals surface area contributed by atoms with Crippen molar-refractivity contribution in [2.75, 3.05) is 32.6 Å². The molecule has 0 radical (unpaired) electrons. The number of carbonyl (C=O) groups excluding carboxylic acids is 4. The van der Waals surface area contributed by atoms with Gasteiger partial charge in [-0.15, -0.1) is 11.3 Å². The van der Waals surface area contributed by atoms with E-state index in [0.717, 1.165) is 17.8 Å². The van der Waals surface area contributed by atoms with E-state index in [4.69, 9.17) is 9.47 Å². The van der Waals surface area contributed by atoms with Crippen LogP contribution in [0.15, 0.2) is 12.2 Å². The summed E-state index contributed by atoms with van der Waals surface area (Å²) in [6.45, 7) is 3.00. The molecular formula is C20H26N2O6S. The maximum Gasteiger partial charge on any atom is 0.341 e. The summed E-state index contributed by atoms with van der Waals surface area (Å²) < 4.78 is 10.2. The molecule has 9 heteroatoms. The van der Waals surface area contributed by atoms with Gasteiger partial charge in [-0.1, -0.05) is 12.2 Å². The fraction of sp³-hybridized carbons (Fsp3) is 0.500. The van der Waals surface area contributed by atoms with Crippen LogP contribution in [0.2, 0.25) is 0 Å². The van der Waals surface area contributed by atoms with Crippen LogP contribution >= 0.6 is 11.3 Å². The second-order valence-electron chi connectivity index (χ2n) is 6.82. The zero-order chi connectivity index (χ0) is 21.6. The molecule has 0 spiro atoms. The van der Waals surface area contributed by atoms with Crippen molar-refractivity contribution in [3.63, 3.8) is 0 Å². The Kier molecular flexibility index (Phi) is 7.95. The first-order valence-corrected chi connectivity index (χ1v) is 10.2. The molecule has 0 bridgehead atoms. The summed E-state index contributed by atoms with van der Waals surface area (Å²) in [6, 6.07) is 0. The molecule has 2 amide bonds. The van der Waals surface area contributed by atoms with Gasteiger partial charge < -0.3 is 19.7 Å². The molecule has 1 N–H and O–H groups in total. The molecule has 0 aromatic carbocycles. The van der Waals surface area contributed by atoms with E-state index in [0.29, 0.717) is 23.3 Å². The quantitative estimate of drug-likeness (QED) is 0.535. The lowest BCUT2D eigenvalue weighted by Gasteiger charge is -2.16. The number of esters is 2. The van der Waals surface area contributed by atoms with E-state index >= 15 is 0 Å². The van der Waals surface area contributed by atoms with Crippen LogP contribution < -0.4 is 5.32 Å². The van der Waals surface area contributed by atoms with Crippen molar-refractivity contribution >= 4 is 40.1 Å². The highest BCUT2D eigenvalue weighted by Crippen LogP contribution is 2.34. The number of rotatable bonds is 7. The van der Waals surface area contributed by atoms with Crippen molar-refractivity contribution in [3.05, 3.63) is 28.2 Å². The minimum Gasteiger partial charge on any atom is -0.462 e. The van der Waals surface area contributed by atoms with Crippen molar-refractivity contribution < 1.29 is 28.7 Å². The lowest BCUT2D eigenvalue weighted by molar-refractivity contribution is -0.151. The summed E-state index contributed by atoms with van der Waals surface area (Å²) in [5, 5.41) is 2.78. The molecule has 0 fully saturated rings. The summed E-state index contributed by atoms with van der Waals surface area (Å²) >= 11 is 0.994. The maximum absolute atomic E-state index is 12.4. The van der Waals surface area contributed by atoms with Gasteiger partial charge in [0.1, 0.15) is 5.00 Å². The first kappa shape index (κ1) is 22.6. The largest absolute Gasteiger partial charge is 0.462 e. The van der Waals surface area contributed by atoms with Gasteiger partial charge in [-0.3, -0.25) is 14.4 Å². The van der Waals surface area contributed by atoms with Gasteiger partial charge in [-0.05, 0) is 38.7 Å². The Labute approximate surface area is 173 Å². The average molecular weight is 423 g/mol. The molecule has 1 heterocycles. The fourth-order valence-corrected chi connectivity index (χ4v) is 4.12. The van der Waals surface area contributed by atoms with Gasteiger partial charge in [0.25, 0.3) is 11.8 Å². The monoisotopic (exact) mass is 422 g/mol. The van der Waals surface area contributed by atoms with Crippen LogP contribution in [0.1, 0.15) is 51.8 Å². The van der Waals surface area contributed by atoms with E-state index in [1.165, 1.54) is 4.90 Å². The number of nitrogens with one attached hydrogen (secondary N) is 1. The van der Waals surface area contributed by atoms with Gasteiger partial charge in [-0.2, -0.15) is 0 Å². The molecule has 1 aromatic rings. The number of hydrogen-bond donors (Lipinski definition) is 1. The number of hydrogen-bond acceptors (Lipinski definition) is 7. The second kappa shape index (κ2) is 10.2. The van der Waals surface area contributed by atoms with E-state index < -0.39 is 24.5 Å². The molecule has 1 aromatic heterocycles. The predicted molar refractivity (Wildman–Crippen MR) is 109 cm³/mol. The Morgan fingerprint density at radius 2 is 1.93 bits per heavy atom. The maximum atomic E-state index is 12.4. The van der Waals surface area contributed by atoms with Crippen molar-refractivity contribution in [1.29, 1.82) is 0 Å². The smallest absolute Gasteiger partial charge is 0.341 e. The minimum absolute atomic E-state index is 0.138. The standard InChI is InChI=1S/C20H26N2O6S/c1-5-27-20(26)15-12(2)16(18(24)22(3)4)29-17(15)21-14(23)11-28-19(25)13-9-7-6-8-10-13/h6-7,13H,5,8-11H2,1-4H3,(H,21,23)/t13-/m0/s1. The van der Waals surface area contributed by atoms with Gasteiger partial charge in [0.15, 0.2) is 6.61 Å². The third kappa shape index (κ3) is 5.66. The molecule has 158 valence electrons. The number of ether oxygens (including phenoxy) is 2. The van der Waals surface area contributed by atoms with Crippen LogP contribution in [0.25, 0.3) is 0 Å². The van der Waals surface area contributed by atoms with E-state index in [-0.39, 0.29) is 29.0 Å². The molecule has 0 saturated heterocycles. The van der Waals surface area contributed by atoms with Crippen LogP contribution in [0.4, 0.5) is 5.00 Å². The van der Waals surface area contributed by atoms with E-state index in [2.05, 4.69) is 5.32 Å². The van der Waals surface area contributed by atoms with E-state index in [9.17, 15) is 19.2 Å². The van der Waals surface area contributed by atoms with Crippen molar-refractivity contribution in [1.82, 2.24) is 4.90 Å². The zero-order valence-corrected chi connectivity index (χ0v) is 17.9. The van der Waals surface area contributed by atoms with Crippen LogP contribution in [0.5, 0.6) is 0 Å². The van der Waals surface area contributed by atoms with E-state index in [1.807, 2.05) is 12.2 Å². The number of thiophene rings is 1. The van der Waals surface area contributed by atoms with Crippen molar-refractivity contribution in [2.45, 2.75) is 33.1 Å². The Hall–Kier alpha value is -2.68. The molecule has 0 unspecified atom stereocenters. The van der Waals surface area contributed by atoms with Crippen LogP contribution in [0.3, 0.4) is 0 Å². The number of allylic oxidation sites excluding steroid dienone is 2. The average Bonchev–Trinajstić information content (AvgIpc) is 3.01. The number of anilines is 1. The molecule has 1 aliphatic carbocycles. The minimum atomic E-state index is -0.625. The second-order valence-corrected chi connectivity index (χ2v) is 7.84. The third-order valence-corrected chi connectivity index (χ3v) is 5.62. The molecule has 8 nitrogen and oxygen atoms in total. The normalized spacial score (nSPS) is 15.5. The molecule has 1 atom stereocenters. The first-order valence-electron chi connectivity index (χ1n) is 9.39. The van der Waals surface area contributed by atoms with Gasteiger partial charge in [0.05, 0.1) is 23.0 Å². The summed E-state index contributed by atoms with van der Waals surface area (Å²) in [6.07, 6.45) is 6.06. The van der Waals surface area contributed by atoms with Gasteiger partial charge in [0.2, 0.25) is 0 Å². The zero-order valence-electron chi connectivity index (χ0n) is 17.1. The lowest BCUT2D eigenvalue weighted by atomic mass is 9.95. The van der Waals surface area contributed by atoms with Gasteiger partial charge in [-0.25, -0.2) is 4.79 Å². The van der Waals surface area contributed by atoms with Crippen molar-refractivity contribution in [3.8, 4) is 0 Å². The van der Waals surface area contributed by atoms with Crippen LogP contribution in [0, 0.1) is 12.8 Å². The Bertz CT molecular complexity index is 827. The van der Waals surface area contributed by atoms with Gasteiger partial charge in [0, 0.05) is 14.1 Å². The SMILES string of the molecule is CCOC(=O)c1c(NC(=O)COC(=O)[C@H]2CC=CCC2)sc(C(=O)N(C)C)c1C. The van der Waals surface area contributed by atoms with Crippen molar-refractivity contribution in [2.24, 2.45) is 5.92 Å². The molecule has 2 rings (SSSR count). The highest BCUT2D eigenvalue weighted by Gasteiger charge is 2.28. The van der Waals surface area contributed by atoms with E-state index in [1.54, 1.807) is 27.9 Å². The Morgan fingerprint density at radius 1 is 1.21 bits per heavy atom. The molecule has 0 aliphatic heterocycles. The summed E-state index contributed by atoms with van der Waals surface area (Å²) in [5.74, 6) is -2.15. The molecular weight excluding hydrogens is 396 g/mol. The Balaban J connectivity index is 2.13. The summed E-state index contributed by atoms with van der Waals surface area (Å²) in [7, 11) is 3.20. The fourth-order valence-electron chi connectivity index (χ4n) is 2.88. The summed E-state index contributed by atoms with van der Waals surface area (Å²) in [5.41, 5.74) is 0.576. The first-order chi connectivity index (χ1) is 13.8. The molecule has 1 aliphatic rings. The van der Waals surface area contributed by atoms with Crippen LogP contribution in [-0.2, 0) is 19.1 Å². The predicted octanol–water partition coefficient (Wildman–Crippen LogP) is 2.77. The lowest BCUT2D eigenvalue weighted by Crippen LogP contribution is -2.25. The highest BCUT2D eigenvalue weighted by molar-refractivity contribution is 7.18. The topological polar surface area (TPSA) is 102 Å².